The largest absolute Gasteiger partial charge is 0.503 e. The third-order valence-corrected chi connectivity index (χ3v) is 26.9. The maximum Gasteiger partial charge on any atom is 0.396 e. The first-order chi connectivity index (χ1) is 36.2. The maximum atomic E-state index is 14.4. The van der Waals surface area contributed by atoms with Crippen LogP contribution in [0.2, 0.25) is 36.3 Å². The van der Waals surface area contributed by atoms with Crippen molar-refractivity contribution in [2.45, 2.75) is 221 Å². The van der Waals surface area contributed by atoms with E-state index in [-0.39, 0.29) is 52.7 Å². The normalized spacial score (nSPS) is 19.2. The molecule has 16 nitrogen and oxygen atoms in total. The molecular formula is C59H101N5O11SSi2. The molecular weight excluding hydrogens is 1040 g/mol. The summed E-state index contributed by atoms with van der Waals surface area (Å²) in [5, 5.41) is 3.78. The molecule has 78 heavy (non-hydrogen) atoms. The Hall–Kier alpha value is -4.21. The number of carbonyl (C=O) groups excluding carboxylic acids is 6. The zero-order chi connectivity index (χ0) is 59.2. The molecule has 442 valence electrons. The van der Waals surface area contributed by atoms with E-state index in [9.17, 15) is 28.8 Å². The van der Waals surface area contributed by atoms with Crippen molar-refractivity contribution in [2.75, 3.05) is 40.6 Å². The molecule has 1 fully saturated rings. The third-order valence-electron chi connectivity index (χ3n) is 16.6. The molecule has 19 heteroatoms. The van der Waals surface area contributed by atoms with Crippen LogP contribution in [0, 0.1) is 23.2 Å². The minimum atomic E-state index is -2.42. The van der Waals surface area contributed by atoms with E-state index in [4.69, 9.17) is 28.1 Å². The Balaban J connectivity index is 1.87. The number of ether oxygens (including phenoxy) is 3. The van der Waals surface area contributed by atoms with Gasteiger partial charge in [0, 0.05) is 44.3 Å². The molecule has 2 aliphatic rings. The molecule has 0 spiro atoms. The van der Waals surface area contributed by atoms with Crippen LogP contribution in [-0.2, 0) is 48.7 Å². The predicted molar refractivity (Wildman–Crippen MR) is 319 cm³/mol. The van der Waals surface area contributed by atoms with Crippen LogP contribution in [0.25, 0.3) is 0 Å². The minimum Gasteiger partial charge on any atom is -0.503 e. The highest BCUT2D eigenvalue weighted by atomic mass is 32.2. The molecule has 0 unspecified atom stereocenters. The fraction of sp³-hybridized carbons (Fsp3) is 0.746. The third kappa shape index (κ3) is 18.7. The summed E-state index contributed by atoms with van der Waals surface area (Å²) in [6.07, 6.45) is 3.95. The minimum absolute atomic E-state index is 0.0600. The number of esters is 2. The standard InChI is InChI=1S/C59H101N5O11SSi2/c1-22-78(23-2,24-3)74-49(33-39(6)34-50(58(10,11)12)73-56(69)47-26-25-31-64(47)57(70)75-77(20,21)59(13,14)15)41(8)52-60-44(37-76-52)35-40(7)51(65)61-46(36-43-27-29-45(71-18)30-28-43)54(67)62(16)42(9)53(66)63(17)48(32-38(4)5)55(68)72-19/h27-30,35,38-39,41-42,44,46-50H,22-26,31-34,36-37H2,1-21H3,(H,61,65)/b40-35+/t39-,41-,42-,44-,46-,47-,48-,49-,50-/m0/s1. The highest BCUT2D eigenvalue weighted by Crippen LogP contribution is 2.39. The van der Waals surface area contributed by atoms with E-state index in [1.165, 1.54) is 24.0 Å². The van der Waals surface area contributed by atoms with E-state index >= 15 is 0 Å². The topological polar surface area (TPSA) is 183 Å². The second-order valence-electron chi connectivity index (χ2n) is 25.1. The van der Waals surface area contributed by atoms with E-state index in [0.717, 1.165) is 35.2 Å². The number of hydrogen-bond acceptors (Lipinski definition) is 13. The van der Waals surface area contributed by atoms with Crippen molar-refractivity contribution >= 4 is 69.2 Å². The van der Waals surface area contributed by atoms with E-state index < -0.39 is 76.7 Å². The molecule has 0 aliphatic carbocycles. The van der Waals surface area contributed by atoms with Crippen LogP contribution in [0.3, 0.4) is 0 Å². The number of carbonyl (C=O) groups is 6. The number of benzene rings is 1. The molecule has 1 saturated heterocycles. The zero-order valence-electron chi connectivity index (χ0n) is 51.6. The lowest BCUT2D eigenvalue weighted by Crippen LogP contribution is -2.56. The van der Waals surface area contributed by atoms with Gasteiger partial charge < -0.3 is 38.2 Å². The van der Waals surface area contributed by atoms with Crippen molar-refractivity contribution in [3.8, 4) is 5.75 Å². The summed E-state index contributed by atoms with van der Waals surface area (Å²) in [6.45, 7) is 35.4. The van der Waals surface area contributed by atoms with Gasteiger partial charge in [-0.2, -0.15) is 0 Å². The highest BCUT2D eigenvalue weighted by molar-refractivity contribution is 8.14. The number of likely N-dealkylation sites (N-methyl/N-ethyl adjacent to an activating group) is 2. The van der Waals surface area contributed by atoms with E-state index in [0.29, 0.717) is 49.3 Å². The molecule has 1 N–H and O–H groups in total. The van der Waals surface area contributed by atoms with Gasteiger partial charge in [0.25, 0.3) is 8.32 Å². The number of methoxy groups -OCH3 is 2. The van der Waals surface area contributed by atoms with Gasteiger partial charge in [-0.15, -0.1) is 11.8 Å². The van der Waals surface area contributed by atoms with Gasteiger partial charge in [-0.1, -0.05) is 108 Å². The second kappa shape index (κ2) is 29.5. The lowest BCUT2D eigenvalue weighted by Gasteiger charge is -2.39. The number of aliphatic imine (C=N–C) groups is 1. The molecule has 2 heterocycles. The van der Waals surface area contributed by atoms with E-state index in [1.54, 1.807) is 56.8 Å². The maximum absolute atomic E-state index is 14.4. The summed E-state index contributed by atoms with van der Waals surface area (Å²) in [5.74, 6) is -0.852. The molecule has 9 atom stereocenters. The molecule has 4 amide bonds. The van der Waals surface area contributed by atoms with Crippen LogP contribution < -0.4 is 10.1 Å². The summed E-state index contributed by atoms with van der Waals surface area (Å²) in [5.41, 5.74) is 0.800. The molecule has 3 rings (SSSR count). The van der Waals surface area contributed by atoms with Gasteiger partial charge in [-0.3, -0.25) is 24.3 Å². The molecule has 1 aromatic carbocycles. The first-order valence-corrected chi connectivity index (χ1v) is 34.9. The molecule has 0 aromatic heterocycles. The number of likely N-dealkylation sites (tertiary alicyclic amines) is 1. The molecule has 0 bridgehead atoms. The number of thioether (sulfide) groups is 1. The van der Waals surface area contributed by atoms with Crippen LogP contribution in [0.1, 0.15) is 142 Å². The van der Waals surface area contributed by atoms with Gasteiger partial charge in [0.05, 0.1) is 31.4 Å². The second-order valence-corrected chi connectivity index (χ2v) is 35.5. The zero-order valence-corrected chi connectivity index (χ0v) is 54.4. The average molecular weight is 1140 g/mol. The summed E-state index contributed by atoms with van der Waals surface area (Å²) in [4.78, 5) is 92.4. The Bertz CT molecular complexity index is 2230. The number of hydrogen-bond donors (Lipinski definition) is 1. The van der Waals surface area contributed by atoms with Crippen LogP contribution in [0.5, 0.6) is 5.75 Å². The van der Waals surface area contributed by atoms with Gasteiger partial charge in [-0.25, -0.2) is 14.4 Å². The Kier molecular flexibility index (Phi) is 25.7. The summed E-state index contributed by atoms with van der Waals surface area (Å²) in [7, 11) is 1.39. The number of nitrogens with one attached hydrogen (secondary N) is 1. The lowest BCUT2D eigenvalue weighted by molar-refractivity contribution is -0.161. The molecule has 1 aromatic rings. The monoisotopic (exact) mass is 1140 g/mol. The molecule has 2 aliphatic heterocycles. The smallest absolute Gasteiger partial charge is 0.396 e. The SMILES string of the molecule is CC[Si](CC)(CC)O[C@@H](C[C@H](C)C[C@H](OC(=O)[C@@H]1CCCN1C(=O)O[Si](C)(C)C(C)(C)C)C(C)(C)C)[C@H](C)C1=N[C@@H](/C=C(\C)C(=O)N[C@@H](Cc2ccc(OC)cc2)C(=O)N(C)[C@@H](C)C(=O)N(C)[C@@H](CC(C)C)C(=O)OC)CS1. The van der Waals surface area contributed by atoms with Gasteiger partial charge in [-0.05, 0) is 117 Å². The molecule has 0 radical (unpaired) electrons. The van der Waals surface area contributed by atoms with Gasteiger partial charge >= 0.3 is 18.0 Å². The Morgan fingerprint density at radius 1 is 0.872 bits per heavy atom. The fourth-order valence-corrected chi connectivity index (χ4v) is 14.7. The van der Waals surface area contributed by atoms with Crippen molar-refractivity contribution in [2.24, 2.45) is 28.2 Å². The summed E-state index contributed by atoms with van der Waals surface area (Å²) in [6, 6.07) is 6.36. The predicted octanol–water partition coefficient (Wildman–Crippen LogP) is 11.1. The van der Waals surface area contributed by atoms with E-state index in [2.05, 4.69) is 81.5 Å². The van der Waals surface area contributed by atoms with E-state index in [1.807, 2.05) is 45.2 Å². The van der Waals surface area contributed by atoms with Crippen LogP contribution >= 0.6 is 11.8 Å². The quantitative estimate of drug-likeness (QED) is 0.0501. The van der Waals surface area contributed by atoms with Gasteiger partial charge in [0.1, 0.15) is 36.0 Å². The summed E-state index contributed by atoms with van der Waals surface area (Å²) < 4.78 is 30.3. The van der Waals surface area contributed by atoms with Crippen LogP contribution in [-0.4, -0.2) is 155 Å². The van der Waals surface area contributed by atoms with Crippen molar-refractivity contribution in [1.82, 2.24) is 20.0 Å². The Morgan fingerprint density at radius 2 is 1.47 bits per heavy atom. The van der Waals surface area contributed by atoms with Crippen molar-refractivity contribution in [3.05, 3.63) is 41.5 Å². The Labute approximate surface area is 475 Å². The number of amides is 4. The van der Waals surface area contributed by atoms with Crippen LogP contribution in [0.15, 0.2) is 40.9 Å². The lowest BCUT2D eigenvalue weighted by atomic mass is 9.81. The average Bonchev–Trinajstić information content (AvgIpc) is 4.08. The highest BCUT2D eigenvalue weighted by Gasteiger charge is 2.46. The van der Waals surface area contributed by atoms with Crippen molar-refractivity contribution in [1.29, 1.82) is 0 Å². The summed E-state index contributed by atoms with van der Waals surface area (Å²) >= 11 is 1.67. The van der Waals surface area contributed by atoms with Gasteiger partial charge in [0.2, 0.25) is 17.7 Å². The van der Waals surface area contributed by atoms with Gasteiger partial charge in [0.15, 0.2) is 8.32 Å². The number of nitrogens with zero attached hydrogens (tertiary/aromatic N) is 4. The fourth-order valence-electron chi connectivity index (χ4n) is 9.77. The van der Waals surface area contributed by atoms with Crippen molar-refractivity contribution < 1.29 is 51.8 Å². The first-order valence-electron chi connectivity index (χ1n) is 28.5. The van der Waals surface area contributed by atoms with Crippen molar-refractivity contribution in [3.63, 3.8) is 0 Å². The number of rotatable bonds is 27. The molecule has 0 saturated carbocycles. The first kappa shape index (κ1) is 68.1. The Morgan fingerprint density at radius 3 is 2.00 bits per heavy atom. The van der Waals surface area contributed by atoms with Crippen LogP contribution in [0.4, 0.5) is 4.79 Å².